The van der Waals surface area contributed by atoms with Crippen LogP contribution in [0, 0.1) is 4.77 Å². The van der Waals surface area contributed by atoms with Crippen molar-refractivity contribution in [1.82, 2.24) is 14.9 Å². The number of aromatic amines is 1. The quantitative estimate of drug-likeness (QED) is 0.579. The maximum Gasteiger partial charge on any atom is 0.261 e. The fourth-order valence-corrected chi connectivity index (χ4v) is 3.55. The molecule has 25 heavy (non-hydrogen) atoms. The largest absolute Gasteiger partial charge is 0.388 e. The lowest BCUT2D eigenvalue weighted by molar-refractivity contribution is 0.0246. The molecule has 1 aromatic heterocycles. The van der Waals surface area contributed by atoms with Gasteiger partial charge in [0.2, 0.25) is 0 Å². The summed E-state index contributed by atoms with van der Waals surface area (Å²) in [6, 6.07) is 4.87. The average molecular weight is 361 g/mol. The van der Waals surface area contributed by atoms with Gasteiger partial charge in [-0.05, 0) is 43.3 Å². The van der Waals surface area contributed by atoms with Crippen molar-refractivity contribution in [1.29, 1.82) is 0 Å². The molecule has 0 saturated heterocycles. The second-order valence-electron chi connectivity index (χ2n) is 6.88. The molecular weight excluding hydrogens is 338 g/mol. The van der Waals surface area contributed by atoms with Crippen LogP contribution in [0.5, 0.6) is 0 Å². The van der Waals surface area contributed by atoms with E-state index in [0.29, 0.717) is 34.1 Å². The Morgan fingerprint density at radius 1 is 1.32 bits per heavy atom. The maximum atomic E-state index is 12.5. The number of hydrogen-bond donors (Lipinski definition) is 3. The van der Waals surface area contributed by atoms with E-state index in [2.05, 4.69) is 10.3 Å². The van der Waals surface area contributed by atoms with Crippen molar-refractivity contribution in [2.45, 2.75) is 44.1 Å². The van der Waals surface area contributed by atoms with Gasteiger partial charge in [0.25, 0.3) is 11.5 Å². The Bertz CT molecular complexity index is 908. The number of aliphatic hydroxyl groups is 1. The van der Waals surface area contributed by atoms with E-state index in [1.54, 1.807) is 25.2 Å². The van der Waals surface area contributed by atoms with E-state index in [0.717, 1.165) is 25.7 Å². The van der Waals surface area contributed by atoms with Gasteiger partial charge in [-0.3, -0.25) is 14.2 Å². The predicted molar refractivity (Wildman–Crippen MR) is 99.4 cm³/mol. The minimum absolute atomic E-state index is 0.196. The van der Waals surface area contributed by atoms with Gasteiger partial charge in [0.1, 0.15) is 0 Å². The minimum Gasteiger partial charge on any atom is -0.388 e. The summed E-state index contributed by atoms with van der Waals surface area (Å²) in [5.41, 5.74) is -0.0465. The second kappa shape index (κ2) is 7.09. The molecule has 0 spiro atoms. The van der Waals surface area contributed by atoms with Gasteiger partial charge < -0.3 is 15.4 Å². The maximum absolute atomic E-state index is 12.5. The number of fused-ring (bicyclic) bond motifs is 1. The van der Waals surface area contributed by atoms with Gasteiger partial charge in [0.15, 0.2) is 4.77 Å². The van der Waals surface area contributed by atoms with Gasteiger partial charge in [-0.25, -0.2) is 0 Å². The number of hydrogen-bond acceptors (Lipinski definition) is 4. The lowest BCUT2D eigenvalue weighted by Gasteiger charge is -2.26. The van der Waals surface area contributed by atoms with Crippen molar-refractivity contribution in [3.05, 3.63) is 38.9 Å². The van der Waals surface area contributed by atoms with Crippen LogP contribution in [-0.2, 0) is 7.05 Å². The zero-order chi connectivity index (χ0) is 18.0. The Balaban J connectivity index is 1.79. The molecular formula is C18H23N3O3S. The number of aromatic nitrogens is 2. The molecule has 2 aromatic rings. The van der Waals surface area contributed by atoms with Gasteiger partial charge in [-0.2, -0.15) is 0 Å². The van der Waals surface area contributed by atoms with E-state index in [4.69, 9.17) is 12.2 Å². The third-order valence-corrected chi connectivity index (χ3v) is 5.35. The number of amides is 1. The summed E-state index contributed by atoms with van der Waals surface area (Å²) in [7, 11) is 1.61. The summed E-state index contributed by atoms with van der Waals surface area (Å²) in [5, 5.41) is 14.0. The van der Waals surface area contributed by atoms with Crippen LogP contribution < -0.4 is 10.9 Å². The van der Waals surface area contributed by atoms with Crippen LogP contribution in [0.3, 0.4) is 0 Å². The van der Waals surface area contributed by atoms with Crippen molar-refractivity contribution >= 4 is 29.0 Å². The number of benzene rings is 1. The Labute approximate surface area is 150 Å². The van der Waals surface area contributed by atoms with E-state index in [-0.39, 0.29) is 18.0 Å². The highest BCUT2D eigenvalue weighted by atomic mass is 32.1. The van der Waals surface area contributed by atoms with Gasteiger partial charge in [0, 0.05) is 19.2 Å². The molecule has 0 radical (unpaired) electrons. The number of rotatable bonds is 3. The lowest BCUT2D eigenvalue weighted by Crippen LogP contribution is -2.42. The second-order valence-corrected chi connectivity index (χ2v) is 7.26. The van der Waals surface area contributed by atoms with Crippen LogP contribution in [0.2, 0.25) is 0 Å². The Morgan fingerprint density at radius 3 is 2.68 bits per heavy atom. The zero-order valence-corrected chi connectivity index (χ0v) is 15.1. The molecule has 1 saturated carbocycles. The van der Waals surface area contributed by atoms with E-state index in [1.165, 1.54) is 4.57 Å². The molecule has 1 aliphatic carbocycles. The summed E-state index contributed by atoms with van der Waals surface area (Å²) in [4.78, 5) is 27.6. The molecule has 1 heterocycles. The lowest BCUT2D eigenvalue weighted by atomic mass is 9.94. The molecule has 1 fully saturated rings. The summed E-state index contributed by atoms with van der Waals surface area (Å²) in [5.74, 6) is -0.264. The molecule has 1 aliphatic rings. The fraction of sp³-hybridized carbons (Fsp3) is 0.500. The minimum atomic E-state index is -0.821. The number of carbonyl (C=O) groups excluding carboxylic acids is 1. The van der Waals surface area contributed by atoms with Crippen molar-refractivity contribution in [3.8, 4) is 0 Å². The van der Waals surface area contributed by atoms with E-state index in [9.17, 15) is 14.7 Å². The number of nitrogens with one attached hydrogen (secondary N) is 2. The third kappa shape index (κ3) is 3.82. The first-order chi connectivity index (χ1) is 11.9. The average Bonchev–Trinajstić information content (AvgIpc) is 2.82. The first-order valence-electron chi connectivity index (χ1n) is 8.63. The van der Waals surface area contributed by atoms with Crippen LogP contribution in [0.4, 0.5) is 0 Å². The first-order valence-corrected chi connectivity index (χ1v) is 9.04. The Morgan fingerprint density at radius 2 is 2.00 bits per heavy atom. The highest BCUT2D eigenvalue weighted by Gasteiger charge is 2.28. The summed E-state index contributed by atoms with van der Waals surface area (Å²) in [6.45, 7) is 0.246. The number of nitrogens with zero attached hydrogens (tertiary/aromatic N) is 1. The van der Waals surface area contributed by atoms with Crippen LogP contribution in [-0.4, -0.2) is 32.7 Å². The summed E-state index contributed by atoms with van der Waals surface area (Å²) in [6.07, 6.45) is 5.68. The molecule has 0 aliphatic heterocycles. The van der Waals surface area contributed by atoms with E-state index >= 15 is 0 Å². The van der Waals surface area contributed by atoms with Crippen LogP contribution in [0.1, 0.15) is 48.9 Å². The molecule has 1 aromatic carbocycles. The molecule has 1 amide bonds. The summed E-state index contributed by atoms with van der Waals surface area (Å²) >= 11 is 5.11. The zero-order valence-electron chi connectivity index (χ0n) is 14.3. The molecule has 0 unspecified atom stereocenters. The van der Waals surface area contributed by atoms with E-state index in [1.807, 2.05) is 0 Å². The normalized spacial score (nSPS) is 17.2. The van der Waals surface area contributed by atoms with Gasteiger partial charge in [-0.15, -0.1) is 0 Å². The Hall–Kier alpha value is -1.99. The van der Waals surface area contributed by atoms with Crippen molar-refractivity contribution in [3.63, 3.8) is 0 Å². The number of carbonyl (C=O) groups is 1. The molecule has 0 atom stereocenters. The van der Waals surface area contributed by atoms with E-state index < -0.39 is 5.60 Å². The van der Waals surface area contributed by atoms with Crippen LogP contribution in [0.25, 0.3) is 10.9 Å². The summed E-state index contributed by atoms with van der Waals surface area (Å²) < 4.78 is 1.67. The van der Waals surface area contributed by atoms with Crippen LogP contribution >= 0.6 is 12.2 Å². The number of H-pyrrole nitrogens is 1. The molecule has 7 heteroatoms. The standard InChI is InChI=1S/C18H23N3O3S/c1-21-16(23)13-7-6-12(10-14(13)20-17(21)25)15(22)19-11-18(24)8-4-2-3-5-9-18/h6-7,10,24H,2-5,8-9,11H2,1H3,(H,19,22)(H,20,25). The predicted octanol–water partition coefficient (Wildman–Crippen LogP) is 2.41. The van der Waals surface area contributed by atoms with Crippen molar-refractivity contribution in [2.75, 3.05) is 6.54 Å². The molecule has 3 rings (SSSR count). The first kappa shape index (κ1) is 17.8. The fourth-order valence-electron chi connectivity index (χ4n) is 3.36. The Kier molecular flexibility index (Phi) is 5.06. The molecule has 134 valence electrons. The SMILES string of the molecule is Cn1c(=S)[nH]c2cc(C(=O)NCC3(O)CCCCCC3)ccc2c1=O. The van der Waals surface area contributed by atoms with Crippen molar-refractivity contribution < 1.29 is 9.90 Å². The monoisotopic (exact) mass is 361 g/mol. The highest BCUT2D eigenvalue weighted by molar-refractivity contribution is 7.71. The van der Waals surface area contributed by atoms with Gasteiger partial charge in [-0.1, -0.05) is 25.7 Å². The van der Waals surface area contributed by atoms with Crippen molar-refractivity contribution in [2.24, 2.45) is 7.05 Å². The van der Waals surface area contributed by atoms with Gasteiger partial charge >= 0.3 is 0 Å². The highest BCUT2D eigenvalue weighted by Crippen LogP contribution is 2.26. The molecule has 3 N–H and O–H groups in total. The van der Waals surface area contributed by atoms with Crippen LogP contribution in [0.15, 0.2) is 23.0 Å². The third-order valence-electron chi connectivity index (χ3n) is 4.98. The molecule has 0 bridgehead atoms. The molecule has 6 nitrogen and oxygen atoms in total. The topological polar surface area (TPSA) is 87.1 Å². The smallest absolute Gasteiger partial charge is 0.261 e. The van der Waals surface area contributed by atoms with Gasteiger partial charge in [0.05, 0.1) is 16.5 Å².